The number of halogens is 2. The number of aromatic hydroxyl groups is 1. The Morgan fingerprint density at radius 1 is 1.10 bits per heavy atom. The van der Waals surface area contributed by atoms with Gasteiger partial charge in [-0.1, -0.05) is 11.6 Å². The molecular weight excluding hydrogens is 404 g/mol. The van der Waals surface area contributed by atoms with Gasteiger partial charge in [-0.3, -0.25) is 9.78 Å². The molecule has 0 radical (unpaired) electrons. The van der Waals surface area contributed by atoms with Crippen LogP contribution < -0.4 is 10.2 Å². The third kappa shape index (κ3) is 4.20. The van der Waals surface area contributed by atoms with E-state index in [0.717, 1.165) is 29.7 Å². The minimum Gasteiger partial charge on any atom is -0.504 e. The third-order valence-corrected chi connectivity index (χ3v) is 5.08. The van der Waals surface area contributed by atoms with Crippen LogP contribution in [0.3, 0.4) is 0 Å². The molecule has 0 aliphatic carbocycles. The van der Waals surface area contributed by atoms with E-state index in [0.29, 0.717) is 24.6 Å². The van der Waals surface area contributed by atoms with Crippen LogP contribution in [0.4, 0.5) is 20.4 Å². The summed E-state index contributed by atoms with van der Waals surface area (Å²) < 4.78 is 27.6. The molecule has 1 amide bonds. The van der Waals surface area contributed by atoms with E-state index in [1.807, 2.05) is 11.8 Å². The van der Waals surface area contributed by atoms with Crippen LogP contribution >= 0.6 is 0 Å². The van der Waals surface area contributed by atoms with Crippen molar-refractivity contribution in [3.05, 3.63) is 77.4 Å². The van der Waals surface area contributed by atoms with Crippen molar-refractivity contribution in [1.29, 1.82) is 0 Å². The van der Waals surface area contributed by atoms with Gasteiger partial charge in [-0.15, -0.1) is 0 Å². The fourth-order valence-corrected chi connectivity index (χ4v) is 3.41. The van der Waals surface area contributed by atoms with Crippen LogP contribution in [0.25, 0.3) is 5.57 Å². The molecule has 2 aromatic heterocycles. The maximum atomic E-state index is 13.8. The van der Waals surface area contributed by atoms with Gasteiger partial charge in [-0.25, -0.2) is 18.7 Å². The summed E-state index contributed by atoms with van der Waals surface area (Å²) in [5.74, 6) is -2.18. The Balaban J connectivity index is 1.52. The van der Waals surface area contributed by atoms with Crippen molar-refractivity contribution in [1.82, 2.24) is 15.0 Å². The molecule has 0 bridgehead atoms. The summed E-state index contributed by atoms with van der Waals surface area (Å²) in [6, 6.07) is 6.45. The molecule has 3 aromatic rings. The molecule has 0 saturated heterocycles. The lowest BCUT2D eigenvalue weighted by Gasteiger charge is -2.30. The average Bonchev–Trinajstić information content (AvgIpc) is 2.75. The van der Waals surface area contributed by atoms with Crippen molar-refractivity contribution in [2.24, 2.45) is 0 Å². The minimum absolute atomic E-state index is 0.0738. The highest BCUT2D eigenvalue weighted by molar-refractivity contribution is 6.04. The molecule has 0 fully saturated rings. The molecule has 7 nitrogen and oxygen atoms in total. The molecule has 0 atom stereocenters. The molecule has 1 aliphatic heterocycles. The van der Waals surface area contributed by atoms with Gasteiger partial charge >= 0.3 is 0 Å². The molecule has 4 rings (SSSR count). The molecule has 0 saturated carbocycles. The largest absolute Gasteiger partial charge is 0.504 e. The molecule has 158 valence electrons. The van der Waals surface area contributed by atoms with Gasteiger partial charge in [0.1, 0.15) is 17.2 Å². The van der Waals surface area contributed by atoms with Gasteiger partial charge in [0.2, 0.25) is 0 Å². The number of benzene rings is 1. The standard InChI is InChI=1S/C22H19F2N5O2/c1-13-7-9-29(21-18(30)6-3-8-25-21)12-14(13)17-10-27-19(11-26-17)28-22(31)20-15(23)4-2-5-16(20)24/h2-6,8,10-11,30H,7,9,12H2,1H3,(H,27,28,31). The maximum Gasteiger partial charge on any atom is 0.262 e. The van der Waals surface area contributed by atoms with Gasteiger partial charge in [0.05, 0.1) is 18.1 Å². The third-order valence-electron chi connectivity index (χ3n) is 5.08. The van der Waals surface area contributed by atoms with E-state index in [4.69, 9.17) is 0 Å². The molecule has 1 aromatic carbocycles. The van der Waals surface area contributed by atoms with Crippen LogP contribution in [-0.2, 0) is 0 Å². The molecule has 31 heavy (non-hydrogen) atoms. The molecule has 3 heterocycles. The Labute approximate surface area is 177 Å². The second-order valence-electron chi connectivity index (χ2n) is 7.11. The zero-order chi connectivity index (χ0) is 22.0. The van der Waals surface area contributed by atoms with Crippen molar-refractivity contribution < 1.29 is 18.7 Å². The summed E-state index contributed by atoms with van der Waals surface area (Å²) in [5.41, 5.74) is 1.99. The fourth-order valence-electron chi connectivity index (χ4n) is 3.41. The zero-order valence-electron chi connectivity index (χ0n) is 16.6. The van der Waals surface area contributed by atoms with Gasteiger partial charge in [0.15, 0.2) is 17.4 Å². The number of nitrogens with zero attached hydrogens (tertiary/aromatic N) is 4. The predicted octanol–water partition coefficient (Wildman–Crippen LogP) is 3.79. The van der Waals surface area contributed by atoms with Crippen LogP contribution in [0.15, 0.2) is 54.5 Å². The van der Waals surface area contributed by atoms with Crippen LogP contribution in [0.2, 0.25) is 0 Å². The summed E-state index contributed by atoms with van der Waals surface area (Å²) in [6.07, 6.45) is 5.21. The Kier molecular flexibility index (Phi) is 5.57. The van der Waals surface area contributed by atoms with Gasteiger partial charge in [-0.2, -0.15) is 0 Å². The predicted molar refractivity (Wildman–Crippen MR) is 112 cm³/mol. The van der Waals surface area contributed by atoms with E-state index in [-0.39, 0.29) is 11.6 Å². The van der Waals surface area contributed by atoms with Crippen molar-refractivity contribution in [3.8, 4) is 5.75 Å². The van der Waals surface area contributed by atoms with E-state index in [9.17, 15) is 18.7 Å². The first-order valence-corrected chi connectivity index (χ1v) is 9.59. The molecule has 0 unspecified atom stereocenters. The lowest BCUT2D eigenvalue weighted by Crippen LogP contribution is -2.31. The van der Waals surface area contributed by atoms with Crippen molar-refractivity contribution in [3.63, 3.8) is 0 Å². The number of aromatic nitrogens is 3. The SMILES string of the molecule is CC1=C(c2cnc(NC(=O)c3c(F)cccc3F)cn2)CN(c2ncccc2O)CC1. The number of carbonyl (C=O) groups is 1. The topological polar surface area (TPSA) is 91.2 Å². The van der Waals surface area contributed by atoms with E-state index in [2.05, 4.69) is 20.3 Å². The lowest BCUT2D eigenvalue weighted by atomic mass is 9.99. The van der Waals surface area contributed by atoms with Crippen LogP contribution in [0.1, 0.15) is 29.4 Å². The molecule has 9 heteroatoms. The van der Waals surface area contributed by atoms with Gasteiger partial charge < -0.3 is 15.3 Å². The summed E-state index contributed by atoms with van der Waals surface area (Å²) >= 11 is 0. The minimum atomic E-state index is -0.956. The first-order chi connectivity index (χ1) is 14.9. The second kappa shape index (κ2) is 8.47. The average molecular weight is 423 g/mol. The van der Waals surface area contributed by atoms with Gasteiger partial charge in [0, 0.05) is 19.3 Å². The number of rotatable bonds is 4. The normalized spacial score (nSPS) is 14.0. The Hall–Kier alpha value is -3.88. The van der Waals surface area contributed by atoms with E-state index >= 15 is 0 Å². The van der Waals surface area contributed by atoms with Gasteiger partial charge in [-0.05, 0) is 43.2 Å². The Morgan fingerprint density at radius 3 is 2.55 bits per heavy atom. The monoisotopic (exact) mass is 423 g/mol. The number of carbonyl (C=O) groups excluding carboxylic acids is 1. The van der Waals surface area contributed by atoms with E-state index in [1.54, 1.807) is 18.3 Å². The number of amides is 1. The highest BCUT2D eigenvalue weighted by atomic mass is 19.1. The first kappa shape index (κ1) is 20.4. The molecule has 0 spiro atoms. The number of hydrogen-bond acceptors (Lipinski definition) is 6. The quantitative estimate of drug-likeness (QED) is 0.664. The summed E-state index contributed by atoms with van der Waals surface area (Å²) in [6.45, 7) is 3.19. The number of nitrogens with one attached hydrogen (secondary N) is 1. The van der Waals surface area contributed by atoms with Crippen molar-refractivity contribution in [2.45, 2.75) is 13.3 Å². The van der Waals surface area contributed by atoms with E-state index in [1.165, 1.54) is 18.5 Å². The summed E-state index contributed by atoms with van der Waals surface area (Å²) in [4.78, 5) is 27.0. The Bertz CT molecular complexity index is 1140. The summed E-state index contributed by atoms with van der Waals surface area (Å²) in [5, 5.41) is 12.5. The van der Waals surface area contributed by atoms with Crippen LogP contribution in [-0.4, -0.2) is 39.1 Å². The highest BCUT2D eigenvalue weighted by Gasteiger charge is 2.22. The smallest absolute Gasteiger partial charge is 0.262 e. The van der Waals surface area contributed by atoms with Crippen molar-refractivity contribution >= 4 is 23.1 Å². The van der Waals surface area contributed by atoms with E-state index < -0.39 is 23.1 Å². The van der Waals surface area contributed by atoms with Gasteiger partial charge in [0.25, 0.3) is 5.91 Å². The van der Waals surface area contributed by atoms with Crippen molar-refractivity contribution in [2.75, 3.05) is 23.3 Å². The second-order valence-corrected chi connectivity index (χ2v) is 7.11. The first-order valence-electron chi connectivity index (χ1n) is 9.59. The number of pyridine rings is 1. The molecule has 1 aliphatic rings. The number of anilines is 2. The van der Waals surface area contributed by atoms with Crippen LogP contribution in [0, 0.1) is 11.6 Å². The molecular formula is C22H19F2N5O2. The lowest BCUT2D eigenvalue weighted by molar-refractivity contribution is 0.101. The fraction of sp³-hybridized carbons (Fsp3) is 0.182. The maximum absolute atomic E-state index is 13.8. The summed E-state index contributed by atoms with van der Waals surface area (Å²) in [7, 11) is 0. The highest BCUT2D eigenvalue weighted by Crippen LogP contribution is 2.31. The van der Waals surface area contributed by atoms with Crippen LogP contribution in [0.5, 0.6) is 5.75 Å². The molecule has 2 N–H and O–H groups in total. The zero-order valence-corrected chi connectivity index (χ0v) is 16.6. The number of hydrogen-bond donors (Lipinski definition) is 2. The Morgan fingerprint density at radius 2 is 1.87 bits per heavy atom.